The van der Waals surface area contributed by atoms with Gasteiger partial charge >= 0.3 is 12.1 Å². The number of benzene rings is 2. The van der Waals surface area contributed by atoms with Crippen LogP contribution in [0.5, 0.6) is 0 Å². The number of amides is 1. The molecule has 2 rings (SSSR count). The Balaban J connectivity index is 1.66. The van der Waals surface area contributed by atoms with E-state index in [0.717, 1.165) is 30.5 Å². The van der Waals surface area contributed by atoms with Gasteiger partial charge in [0.15, 0.2) is 0 Å². The maximum Gasteiger partial charge on any atom is 0.407 e. The van der Waals surface area contributed by atoms with E-state index in [1.165, 1.54) is 0 Å². The Morgan fingerprint density at radius 2 is 1.42 bits per heavy atom. The van der Waals surface area contributed by atoms with Crippen molar-refractivity contribution in [3.8, 4) is 0 Å². The highest BCUT2D eigenvalue weighted by Crippen LogP contribution is 2.07. The Labute approximate surface area is 185 Å². The maximum atomic E-state index is 12.5. The van der Waals surface area contributed by atoms with E-state index in [4.69, 9.17) is 9.47 Å². The third kappa shape index (κ3) is 10.6. The zero-order valence-corrected chi connectivity index (χ0v) is 18.5. The van der Waals surface area contributed by atoms with E-state index in [-0.39, 0.29) is 25.2 Å². The summed E-state index contributed by atoms with van der Waals surface area (Å²) in [7, 11) is 0. The molecule has 0 fully saturated rings. The molecule has 6 heteroatoms. The Morgan fingerprint density at radius 1 is 0.839 bits per heavy atom. The van der Waals surface area contributed by atoms with Crippen molar-refractivity contribution in [1.82, 2.24) is 10.6 Å². The van der Waals surface area contributed by atoms with E-state index in [2.05, 4.69) is 24.5 Å². The van der Waals surface area contributed by atoms with Crippen molar-refractivity contribution in [2.45, 2.75) is 52.4 Å². The van der Waals surface area contributed by atoms with Crippen LogP contribution in [-0.4, -0.2) is 31.2 Å². The Hall–Kier alpha value is -2.86. The smallest absolute Gasteiger partial charge is 0.407 e. The summed E-state index contributed by atoms with van der Waals surface area (Å²) < 4.78 is 10.7. The Kier molecular flexibility index (Phi) is 11.2. The van der Waals surface area contributed by atoms with Gasteiger partial charge in [-0.1, -0.05) is 74.5 Å². The quantitative estimate of drug-likeness (QED) is 0.366. The summed E-state index contributed by atoms with van der Waals surface area (Å²) in [6.07, 6.45) is 1.77. The number of esters is 1. The van der Waals surface area contributed by atoms with Crippen LogP contribution < -0.4 is 10.6 Å². The maximum absolute atomic E-state index is 12.5. The summed E-state index contributed by atoms with van der Waals surface area (Å²) in [4.78, 5) is 24.3. The fraction of sp³-hybridized carbons (Fsp3) is 0.440. The molecule has 0 bridgehead atoms. The molecule has 0 saturated carbocycles. The molecule has 1 amide bonds. The third-order valence-corrected chi connectivity index (χ3v) is 4.68. The molecule has 1 atom stereocenters. The molecule has 0 heterocycles. The van der Waals surface area contributed by atoms with Crippen molar-refractivity contribution in [1.29, 1.82) is 0 Å². The van der Waals surface area contributed by atoms with E-state index >= 15 is 0 Å². The van der Waals surface area contributed by atoms with Crippen LogP contribution in [0.2, 0.25) is 0 Å². The van der Waals surface area contributed by atoms with Gasteiger partial charge in [-0.05, 0) is 42.9 Å². The normalized spacial score (nSPS) is 11.7. The van der Waals surface area contributed by atoms with Gasteiger partial charge in [0.1, 0.15) is 19.3 Å². The highest BCUT2D eigenvalue weighted by molar-refractivity contribution is 5.75. The Bertz CT molecular complexity index is 766. The largest absolute Gasteiger partial charge is 0.460 e. The number of carbonyl (C=O) groups is 2. The molecule has 0 unspecified atom stereocenters. The van der Waals surface area contributed by atoms with E-state index < -0.39 is 6.09 Å². The number of unbranched alkanes of at least 4 members (excludes halogenated alkanes) is 1. The van der Waals surface area contributed by atoms with Gasteiger partial charge in [0.05, 0.1) is 0 Å². The van der Waals surface area contributed by atoms with E-state index in [9.17, 15) is 9.59 Å². The van der Waals surface area contributed by atoms with Crippen LogP contribution in [0.4, 0.5) is 4.79 Å². The van der Waals surface area contributed by atoms with Crippen LogP contribution in [0.25, 0.3) is 0 Å². The lowest BCUT2D eigenvalue weighted by molar-refractivity contribution is -0.147. The summed E-state index contributed by atoms with van der Waals surface area (Å²) in [5, 5.41) is 6.06. The fourth-order valence-corrected chi connectivity index (χ4v) is 2.95. The predicted octanol–water partition coefficient (Wildman–Crippen LogP) is 4.44. The minimum Gasteiger partial charge on any atom is -0.460 e. The highest BCUT2D eigenvalue weighted by atomic mass is 16.5. The SMILES string of the molecule is CC(C)CN[C@@H](CCCCNC(=O)OCc1ccccc1)C(=O)OCc1ccccc1. The van der Waals surface area contributed by atoms with Crippen LogP contribution in [0.3, 0.4) is 0 Å². The first-order chi connectivity index (χ1) is 15.0. The molecule has 0 spiro atoms. The second-order valence-corrected chi connectivity index (χ2v) is 7.93. The van der Waals surface area contributed by atoms with Gasteiger partial charge in [0, 0.05) is 6.54 Å². The van der Waals surface area contributed by atoms with Crippen LogP contribution >= 0.6 is 0 Å². The first-order valence-electron chi connectivity index (χ1n) is 10.9. The van der Waals surface area contributed by atoms with Crippen molar-refractivity contribution in [2.24, 2.45) is 5.92 Å². The van der Waals surface area contributed by atoms with Gasteiger partial charge in [-0.15, -0.1) is 0 Å². The average molecular weight is 427 g/mol. The van der Waals surface area contributed by atoms with Crippen LogP contribution in [0.1, 0.15) is 44.2 Å². The number of ether oxygens (including phenoxy) is 2. The summed E-state index contributed by atoms with van der Waals surface area (Å²) in [5.74, 6) is 0.199. The summed E-state index contributed by atoms with van der Waals surface area (Å²) in [6, 6.07) is 18.9. The van der Waals surface area contributed by atoms with E-state index in [0.29, 0.717) is 18.9 Å². The molecule has 0 saturated heterocycles. The molecule has 2 N–H and O–H groups in total. The molecule has 0 aliphatic rings. The highest BCUT2D eigenvalue weighted by Gasteiger charge is 2.19. The van der Waals surface area contributed by atoms with Gasteiger partial charge in [0.2, 0.25) is 0 Å². The topological polar surface area (TPSA) is 76.7 Å². The summed E-state index contributed by atoms with van der Waals surface area (Å²) in [5.41, 5.74) is 1.92. The van der Waals surface area contributed by atoms with Crippen molar-refractivity contribution in [2.75, 3.05) is 13.1 Å². The molecular weight excluding hydrogens is 392 g/mol. The number of carbonyl (C=O) groups excluding carboxylic acids is 2. The first kappa shape index (κ1) is 24.4. The fourth-order valence-electron chi connectivity index (χ4n) is 2.95. The molecule has 0 radical (unpaired) electrons. The van der Waals surface area contributed by atoms with Gasteiger partial charge in [-0.3, -0.25) is 4.79 Å². The van der Waals surface area contributed by atoms with Crippen LogP contribution in [0.15, 0.2) is 60.7 Å². The third-order valence-electron chi connectivity index (χ3n) is 4.68. The molecule has 2 aromatic rings. The molecule has 31 heavy (non-hydrogen) atoms. The number of nitrogens with one attached hydrogen (secondary N) is 2. The average Bonchev–Trinajstić information content (AvgIpc) is 2.79. The molecule has 6 nitrogen and oxygen atoms in total. The molecule has 0 aliphatic carbocycles. The zero-order chi connectivity index (χ0) is 22.3. The van der Waals surface area contributed by atoms with Gasteiger partial charge in [0.25, 0.3) is 0 Å². The molecule has 2 aromatic carbocycles. The lowest BCUT2D eigenvalue weighted by Gasteiger charge is -2.19. The predicted molar refractivity (Wildman–Crippen MR) is 121 cm³/mol. The number of alkyl carbamates (subject to hydrolysis) is 1. The monoisotopic (exact) mass is 426 g/mol. The molecule has 0 aliphatic heterocycles. The molecule has 0 aromatic heterocycles. The van der Waals surface area contributed by atoms with Crippen molar-refractivity contribution >= 4 is 12.1 Å². The Morgan fingerprint density at radius 3 is 2.00 bits per heavy atom. The molecular formula is C25H34N2O4. The van der Waals surface area contributed by atoms with Crippen molar-refractivity contribution in [3.63, 3.8) is 0 Å². The second-order valence-electron chi connectivity index (χ2n) is 7.93. The van der Waals surface area contributed by atoms with Crippen LogP contribution in [-0.2, 0) is 27.5 Å². The number of rotatable bonds is 13. The summed E-state index contributed by atoms with van der Waals surface area (Å²) in [6.45, 7) is 5.98. The van der Waals surface area contributed by atoms with Crippen molar-refractivity contribution in [3.05, 3.63) is 71.8 Å². The minimum absolute atomic E-state index is 0.236. The zero-order valence-electron chi connectivity index (χ0n) is 18.5. The lowest BCUT2D eigenvalue weighted by Crippen LogP contribution is -2.40. The van der Waals surface area contributed by atoms with Crippen LogP contribution in [0, 0.1) is 5.92 Å². The number of hydrogen-bond acceptors (Lipinski definition) is 5. The standard InChI is InChI=1S/C25H34N2O4/c1-20(2)17-27-23(24(28)30-18-21-11-5-3-6-12-21)15-9-10-16-26-25(29)31-19-22-13-7-4-8-14-22/h3-8,11-14,20,23,27H,9-10,15-19H2,1-2H3,(H,26,29)/t23-/m0/s1. The van der Waals surface area contributed by atoms with Gasteiger partial charge < -0.3 is 20.1 Å². The second kappa shape index (κ2) is 14.2. The molecule has 168 valence electrons. The van der Waals surface area contributed by atoms with Crippen molar-refractivity contribution < 1.29 is 19.1 Å². The van der Waals surface area contributed by atoms with Gasteiger partial charge in [-0.25, -0.2) is 4.79 Å². The lowest BCUT2D eigenvalue weighted by atomic mass is 10.1. The minimum atomic E-state index is -0.430. The van der Waals surface area contributed by atoms with E-state index in [1.54, 1.807) is 0 Å². The van der Waals surface area contributed by atoms with Gasteiger partial charge in [-0.2, -0.15) is 0 Å². The van der Waals surface area contributed by atoms with E-state index in [1.807, 2.05) is 60.7 Å². The first-order valence-corrected chi connectivity index (χ1v) is 10.9. The summed E-state index contributed by atoms with van der Waals surface area (Å²) >= 11 is 0. The number of hydrogen-bond donors (Lipinski definition) is 2.